The SMILES string of the molecule is NNC(=O)C1CC(c2ccc(OCC3CCCO3)cc2)NN1. The van der Waals surface area contributed by atoms with Gasteiger partial charge in [0.2, 0.25) is 0 Å². The molecule has 3 atom stereocenters. The van der Waals surface area contributed by atoms with Gasteiger partial charge in [0.15, 0.2) is 0 Å². The van der Waals surface area contributed by atoms with Crippen molar-refractivity contribution in [3.05, 3.63) is 29.8 Å². The molecule has 0 spiro atoms. The van der Waals surface area contributed by atoms with Gasteiger partial charge in [-0.25, -0.2) is 16.7 Å². The smallest absolute Gasteiger partial charge is 0.252 e. The van der Waals surface area contributed by atoms with Gasteiger partial charge in [-0.3, -0.25) is 10.2 Å². The van der Waals surface area contributed by atoms with E-state index in [9.17, 15) is 4.79 Å². The topological polar surface area (TPSA) is 97.6 Å². The van der Waals surface area contributed by atoms with E-state index < -0.39 is 0 Å². The Bertz CT molecular complexity index is 502. The Kier molecular flexibility index (Phi) is 4.89. The molecular formula is C15H22N4O3. The van der Waals surface area contributed by atoms with Crippen LogP contribution in [-0.4, -0.2) is 31.3 Å². The van der Waals surface area contributed by atoms with E-state index in [2.05, 4.69) is 16.3 Å². The Hall–Kier alpha value is -1.67. The normalized spacial score (nSPS) is 27.8. The lowest BCUT2D eigenvalue weighted by Crippen LogP contribution is -2.45. The maximum atomic E-state index is 11.5. The average Bonchev–Trinajstić information content (AvgIpc) is 3.24. The van der Waals surface area contributed by atoms with Gasteiger partial charge in [0.25, 0.3) is 5.91 Å². The number of hydrogen-bond donors (Lipinski definition) is 4. The summed E-state index contributed by atoms with van der Waals surface area (Å²) >= 11 is 0. The van der Waals surface area contributed by atoms with Crippen molar-refractivity contribution in [1.29, 1.82) is 0 Å². The number of amides is 1. The first kappa shape index (κ1) is 15.2. The van der Waals surface area contributed by atoms with Crippen LogP contribution in [0.15, 0.2) is 24.3 Å². The molecule has 1 amide bonds. The Balaban J connectivity index is 1.52. The number of benzene rings is 1. The molecule has 7 heteroatoms. The van der Waals surface area contributed by atoms with Crippen molar-refractivity contribution in [2.75, 3.05) is 13.2 Å². The molecule has 7 nitrogen and oxygen atoms in total. The molecule has 2 aliphatic rings. The zero-order chi connectivity index (χ0) is 15.4. The van der Waals surface area contributed by atoms with Crippen molar-refractivity contribution in [3.8, 4) is 5.75 Å². The zero-order valence-corrected chi connectivity index (χ0v) is 12.4. The number of hydrogen-bond acceptors (Lipinski definition) is 6. The van der Waals surface area contributed by atoms with Crippen LogP contribution in [-0.2, 0) is 9.53 Å². The predicted molar refractivity (Wildman–Crippen MR) is 80.7 cm³/mol. The molecule has 3 rings (SSSR count). The number of rotatable bonds is 5. The van der Waals surface area contributed by atoms with Crippen molar-refractivity contribution < 1.29 is 14.3 Å². The van der Waals surface area contributed by atoms with E-state index in [0.717, 1.165) is 30.8 Å². The third-order valence-electron chi connectivity index (χ3n) is 4.10. The quantitative estimate of drug-likeness (QED) is 0.351. The maximum absolute atomic E-state index is 11.5. The summed E-state index contributed by atoms with van der Waals surface area (Å²) < 4.78 is 11.3. The van der Waals surface area contributed by atoms with Gasteiger partial charge in [-0.1, -0.05) is 12.1 Å². The number of carbonyl (C=O) groups excluding carboxylic acids is 1. The third kappa shape index (κ3) is 3.56. The first-order chi connectivity index (χ1) is 10.8. The van der Waals surface area contributed by atoms with E-state index >= 15 is 0 Å². The summed E-state index contributed by atoms with van der Waals surface area (Å²) in [6.07, 6.45) is 3.06. The fraction of sp³-hybridized carbons (Fsp3) is 0.533. The van der Waals surface area contributed by atoms with Crippen LogP contribution in [0.5, 0.6) is 5.75 Å². The second-order valence-electron chi connectivity index (χ2n) is 5.65. The highest BCUT2D eigenvalue weighted by molar-refractivity contribution is 5.81. The number of hydrazine groups is 2. The van der Waals surface area contributed by atoms with E-state index in [4.69, 9.17) is 15.3 Å². The molecule has 0 aromatic heterocycles. The van der Waals surface area contributed by atoms with Gasteiger partial charge in [0.05, 0.1) is 6.10 Å². The van der Waals surface area contributed by atoms with Crippen LogP contribution in [0.2, 0.25) is 0 Å². The summed E-state index contributed by atoms with van der Waals surface area (Å²) in [6, 6.07) is 7.67. The minimum atomic E-state index is -0.314. The monoisotopic (exact) mass is 306 g/mol. The van der Waals surface area contributed by atoms with E-state index in [-0.39, 0.29) is 24.1 Å². The first-order valence-corrected chi connectivity index (χ1v) is 7.62. The molecule has 0 saturated carbocycles. The number of ether oxygens (including phenoxy) is 2. The molecule has 1 aromatic carbocycles. The van der Waals surface area contributed by atoms with Crippen molar-refractivity contribution in [2.45, 2.75) is 37.5 Å². The minimum Gasteiger partial charge on any atom is -0.491 e. The van der Waals surface area contributed by atoms with Gasteiger partial charge >= 0.3 is 0 Å². The van der Waals surface area contributed by atoms with E-state index in [1.165, 1.54) is 0 Å². The molecule has 5 N–H and O–H groups in total. The van der Waals surface area contributed by atoms with Crippen LogP contribution in [0.4, 0.5) is 0 Å². The fourth-order valence-electron chi connectivity index (χ4n) is 2.81. The van der Waals surface area contributed by atoms with Crippen LogP contribution in [0.3, 0.4) is 0 Å². The molecule has 3 unspecified atom stereocenters. The highest BCUT2D eigenvalue weighted by atomic mass is 16.5. The number of nitrogens with two attached hydrogens (primary N) is 1. The molecule has 22 heavy (non-hydrogen) atoms. The van der Waals surface area contributed by atoms with Crippen molar-refractivity contribution >= 4 is 5.91 Å². The Labute approximate surface area is 129 Å². The molecule has 2 fully saturated rings. The molecule has 0 aliphatic carbocycles. The van der Waals surface area contributed by atoms with E-state index in [1.54, 1.807) is 0 Å². The van der Waals surface area contributed by atoms with Crippen molar-refractivity contribution in [3.63, 3.8) is 0 Å². The third-order valence-corrected chi connectivity index (χ3v) is 4.10. The largest absolute Gasteiger partial charge is 0.491 e. The lowest BCUT2D eigenvalue weighted by Gasteiger charge is -2.13. The second kappa shape index (κ2) is 7.06. The highest BCUT2D eigenvalue weighted by Gasteiger charge is 2.29. The number of nitrogens with one attached hydrogen (secondary N) is 3. The second-order valence-corrected chi connectivity index (χ2v) is 5.65. The first-order valence-electron chi connectivity index (χ1n) is 7.62. The van der Waals surface area contributed by atoms with Gasteiger partial charge in [0.1, 0.15) is 18.4 Å². The fourth-order valence-corrected chi connectivity index (χ4v) is 2.81. The molecule has 0 radical (unpaired) electrons. The van der Waals surface area contributed by atoms with Crippen LogP contribution in [0.1, 0.15) is 30.9 Å². The standard InChI is InChI=1S/C15H22N4O3/c16-17-15(20)14-8-13(18-19-14)10-3-5-11(6-4-10)22-9-12-2-1-7-21-12/h3-6,12-14,18-19H,1-2,7-9,16H2,(H,17,20). The zero-order valence-electron chi connectivity index (χ0n) is 12.4. The number of carbonyl (C=O) groups is 1. The molecule has 2 aliphatic heterocycles. The van der Waals surface area contributed by atoms with Crippen LogP contribution in [0, 0.1) is 0 Å². The Morgan fingerprint density at radius 2 is 2.18 bits per heavy atom. The summed E-state index contributed by atoms with van der Waals surface area (Å²) in [6.45, 7) is 1.44. The van der Waals surface area contributed by atoms with Gasteiger partial charge in [-0.15, -0.1) is 0 Å². The van der Waals surface area contributed by atoms with Gasteiger partial charge in [-0.2, -0.15) is 0 Å². The molecule has 0 bridgehead atoms. The molecule has 1 aromatic rings. The van der Waals surface area contributed by atoms with E-state index in [0.29, 0.717) is 13.0 Å². The molecule has 2 saturated heterocycles. The van der Waals surface area contributed by atoms with Crippen molar-refractivity contribution in [1.82, 2.24) is 16.3 Å². The highest BCUT2D eigenvalue weighted by Crippen LogP contribution is 2.24. The summed E-state index contributed by atoms with van der Waals surface area (Å²) in [5.41, 5.74) is 9.31. The lowest BCUT2D eigenvalue weighted by molar-refractivity contribution is -0.122. The summed E-state index contributed by atoms with van der Waals surface area (Å²) in [7, 11) is 0. The Morgan fingerprint density at radius 1 is 1.36 bits per heavy atom. The predicted octanol–water partition coefficient (Wildman–Crippen LogP) is 0.142. The Morgan fingerprint density at radius 3 is 2.86 bits per heavy atom. The van der Waals surface area contributed by atoms with Crippen LogP contribution < -0.4 is 26.9 Å². The van der Waals surface area contributed by atoms with Gasteiger partial charge in [0, 0.05) is 12.6 Å². The van der Waals surface area contributed by atoms with Gasteiger partial charge in [-0.05, 0) is 37.0 Å². The minimum absolute atomic E-state index is 0.0783. The average molecular weight is 306 g/mol. The summed E-state index contributed by atoms with van der Waals surface area (Å²) in [5, 5.41) is 0. The molecule has 120 valence electrons. The van der Waals surface area contributed by atoms with Crippen molar-refractivity contribution in [2.24, 2.45) is 5.84 Å². The molecular weight excluding hydrogens is 284 g/mol. The van der Waals surface area contributed by atoms with Gasteiger partial charge < -0.3 is 9.47 Å². The molecule has 2 heterocycles. The lowest BCUT2D eigenvalue weighted by atomic mass is 10.0. The van der Waals surface area contributed by atoms with Crippen LogP contribution in [0.25, 0.3) is 0 Å². The van der Waals surface area contributed by atoms with E-state index in [1.807, 2.05) is 24.3 Å². The van der Waals surface area contributed by atoms with Crippen LogP contribution >= 0.6 is 0 Å². The summed E-state index contributed by atoms with van der Waals surface area (Å²) in [5.74, 6) is 5.77. The maximum Gasteiger partial charge on any atom is 0.252 e. The summed E-state index contributed by atoms with van der Waals surface area (Å²) in [4.78, 5) is 11.5.